The Balaban J connectivity index is 2.70. The molecule has 0 bridgehead atoms. The normalized spacial score (nSPS) is 10.4. The Morgan fingerprint density at radius 1 is 1.58 bits per heavy atom. The van der Waals surface area contributed by atoms with Crippen molar-refractivity contribution in [1.82, 2.24) is 9.59 Å². The van der Waals surface area contributed by atoms with Crippen LogP contribution in [0.3, 0.4) is 0 Å². The lowest BCUT2D eigenvalue weighted by atomic mass is 10.4. The van der Waals surface area contributed by atoms with Crippen LogP contribution in [0.15, 0.2) is 10.2 Å². The van der Waals surface area contributed by atoms with Gasteiger partial charge in [-0.1, -0.05) is 4.49 Å². The monoisotopic (exact) mass is 184 g/mol. The highest BCUT2D eigenvalue weighted by atomic mass is 32.1. The summed E-state index contributed by atoms with van der Waals surface area (Å²) in [6.07, 6.45) is 1.51. The lowest BCUT2D eigenvalue weighted by molar-refractivity contribution is 1.09. The van der Waals surface area contributed by atoms with Crippen molar-refractivity contribution < 1.29 is 0 Å². The zero-order chi connectivity index (χ0) is 8.97. The second-order valence-corrected chi connectivity index (χ2v) is 2.78. The van der Waals surface area contributed by atoms with Crippen LogP contribution in [0.2, 0.25) is 0 Å². The Kier molecular flexibility index (Phi) is 2.70. The van der Waals surface area contributed by atoms with Crippen LogP contribution >= 0.6 is 11.5 Å². The summed E-state index contributed by atoms with van der Waals surface area (Å²) in [6, 6.07) is 0. The molecule has 1 aromatic rings. The molecule has 6 nitrogen and oxygen atoms in total. The molecule has 0 amide bonds. The van der Waals surface area contributed by atoms with Crippen LogP contribution in [-0.2, 0) is 0 Å². The van der Waals surface area contributed by atoms with Gasteiger partial charge in [0.25, 0.3) is 0 Å². The summed E-state index contributed by atoms with van der Waals surface area (Å²) in [7, 11) is 0. The van der Waals surface area contributed by atoms with E-state index in [4.69, 9.17) is 11.5 Å². The van der Waals surface area contributed by atoms with Gasteiger partial charge in [-0.25, -0.2) is 0 Å². The first-order chi connectivity index (χ1) is 5.70. The van der Waals surface area contributed by atoms with Gasteiger partial charge in [-0.05, 0) is 18.5 Å². The van der Waals surface area contributed by atoms with Crippen LogP contribution in [-0.4, -0.2) is 21.8 Å². The van der Waals surface area contributed by atoms with E-state index in [1.165, 1.54) is 17.7 Å². The molecule has 4 N–H and O–H groups in total. The lowest BCUT2D eigenvalue weighted by Crippen LogP contribution is -2.21. The summed E-state index contributed by atoms with van der Waals surface area (Å²) in [5.74, 6) is -0.0682. The minimum absolute atomic E-state index is 0.0682. The zero-order valence-electron chi connectivity index (χ0n) is 6.43. The molecule has 0 saturated heterocycles. The van der Waals surface area contributed by atoms with Gasteiger partial charge in [0.15, 0.2) is 0 Å². The molecule has 0 aromatic carbocycles. The second kappa shape index (κ2) is 3.77. The fourth-order valence-corrected chi connectivity index (χ4v) is 1.02. The largest absolute Gasteiger partial charge is 0.369 e. The van der Waals surface area contributed by atoms with Gasteiger partial charge in [-0.2, -0.15) is 5.10 Å². The van der Waals surface area contributed by atoms with Gasteiger partial charge in [0, 0.05) is 0 Å². The molecule has 0 radical (unpaired) electrons. The second-order valence-electron chi connectivity index (χ2n) is 1.99. The minimum Gasteiger partial charge on any atom is -0.369 e. The van der Waals surface area contributed by atoms with Crippen molar-refractivity contribution in [2.24, 2.45) is 21.7 Å². The predicted octanol–water partition coefficient (Wildman–Crippen LogP) is -0.546. The molecule has 1 rings (SSSR count). The quantitative estimate of drug-likeness (QED) is 0.366. The topological polar surface area (TPSA) is 103 Å². The maximum atomic E-state index is 5.06. The molecule has 0 atom stereocenters. The highest BCUT2D eigenvalue weighted by Gasteiger charge is 1.97. The van der Waals surface area contributed by atoms with Crippen molar-refractivity contribution in [2.75, 3.05) is 0 Å². The molecule has 0 aliphatic heterocycles. The van der Waals surface area contributed by atoms with Gasteiger partial charge in [-0.3, -0.25) is 0 Å². The van der Waals surface area contributed by atoms with E-state index in [0.717, 1.165) is 10.6 Å². The van der Waals surface area contributed by atoms with Crippen molar-refractivity contribution in [3.05, 3.63) is 10.6 Å². The number of aryl methyl sites for hydroxylation is 1. The van der Waals surface area contributed by atoms with Crippen LogP contribution in [0.5, 0.6) is 0 Å². The lowest BCUT2D eigenvalue weighted by Gasteiger charge is -1.83. The first-order valence-corrected chi connectivity index (χ1v) is 3.88. The number of aromatic nitrogens is 2. The van der Waals surface area contributed by atoms with Crippen LogP contribution in [0.4, 0.5) is 0 Å². The molecule has 0 unspecified atom stereocenters. The van der Waals surface area contributed by atoms with Gasteiger partial charge in [0.05, 0.1) is 16.8 Å². The van der Waals surface area contributed by atoms with E-state index in [0.29, 0.717) is 0 Å². The van der Waals surface area contributed by atoms with Gasteiger partial charge >= 0.3 is 0 Å². The van der Waals surface area contributed by atoms with E-state index in [9.17, 15) is 0 Å². The third kappa shape index (κ3) is 2.27. The molecule has 12 heavy (non-hydrogen) atoms. The Labute approximate surface area is 73.2 Å². The van der Waals surface area contributed by atoms with Gasteiger partial charge in [0.2, 0.25) is 5.96 Å². The number of nitrogens with zero attached hydrogens (tertiary/aromatic N) is 4. The van der Waals surface area contributed by atoms with E-state index in [1.54, 1.807) is 0 Å². The smallest absolute Gasteiger partial charge is 0.211 e. The molecule has 0 aliphatic rings. The summed E-state index contributed by atoms with van der Waals surface area (Å²) in [5, 5.41) is 10.8. The first-order valence-electron chi connectivity index (χ1n) is 3.11. The Bertz CT molecular complexity index is 309. The maximum absolute atomic E-state index is 5.06. The SMILES string of the molecule is Cc1nnsc1/C=N/N=C(N)N. The summed E-state index contributed by atoms with van der Waals surface area (Å²) in [5.41, 5.74) is 10.9. The van der Waals surface area contributed by atoms with Gasteiger partial charge < -0.3 is 11.5 Å². The van der Waals surface area contributed by atoms with E-state index < -0.39 is 0 Å². The predicted molar refractivity (Wildman–Crippen MR) is 48.0 cm³/mol. The van der Waals surface area contributed by atoms with Crippen LogP contribution in [0.25, 0.3) is 0 Å². The van der Waals surface area contributed by atoms with Crippen LogP contribution in [0, 0.1) is 6.92 Å². The van der Waals surface area contributed by atoms with Crippen LogP contribution in [0.1, 0.15) is 10.6 Å². The number of nitrogens with two attached hydrogens (primary N) is 2. The van der Waals surface area contributed by atoms with Crippen LogP contribution < -0.4 is 11.5 Å². The minimum atomic E-state index is -0.0682. The van der Waals surface area contributed by atoms with Gasteiger partial charge in [0.1, 0.15) is 0 Å². The molecular weight excluding hydrogens is 176 g/mol. The molecule has 0 fully saturated rings. The summed E-state index contributed by atoms with van der Waals surface area (Å²) >= 11 is 1.24. The third-order valence-electron chi connectivity index (χ3n) is 1.03. The third-order valence-corrected chi connectivity index (χ3v) is 1.80. The van der Waals surface area contributed by atoms with Crippen molar-refractivity contribution in [1.29, 1.82) is 0 Å². The van der Waals surface area contributed by atoms with Crippen molar-refractivity contribution >= 4 is 23.7 Å². The molecule has 0 aliphatic carbocycles. The van der Waals surface area contributed by atoms with E-state index in [1.807, 2.05) is 6.92 Å². The number of rotatable bonds is 2. The molecule has 64 valence electrons. The zero-order valence-corrected chi connectivity index (χ0v) is 7.25. The number of guanidine groups is 1. The fraction of sp³-hybridized carbons (Fsp3) is 0.200. The molecular formula is C5H8N6S. The first kappa shape index (κ1) is 8.60. The van der Waals surface area contributed by atoms with E-state index in [2.05, 4.69) is 19.8 Å². The molecule has 0 saturated carbocycles. The highest BCUT2D eigenvalue weighted by molar-refractivity contribution is 7.07. The number of hydrogen-bond donors (Lipinski definition) is 2. The highest BCUT2D eigenvalue weighted by Crippen LogP contribution is 2.04. The maximum Gasteiger partial charge on any atom is 0.211 e. The average molecular weight is 184 g/mol. The molecule has 0 spiro atoms. The van der Waals surface area contributed by atoms with E-state index in [-0.39, 0.29) is 5.96 Å². The summed E-state index contributed by atoms with van der Waals surface area (Å²) in [4.78, 5) is 0.847. The van der Waals surface area contributed by atoms with Gasteiger partial charge in [-0.15, -0.1) is 10.2 Å². The summed E-state index contributed by atoms with van der Waals surface area (Å²) in [6.45, 7) is 1.83. The summed E-state index contributed by atoms with van der Waals surface area (Å²) < 4.78 is 3.71. The molecule has 1 aromatic heterocycles. The molecule has 1 heterocycles. The average Bonchev–Trinajstić information content (AvgIpc) is 2.36. The van der Waals surface area contributed by atoms with Crippen molar-refractivity contribution in [2.45, 2.75) is 6.92 Å². The fourth-order valence-electron chi connectivity index (χ4n) is 0.506. The van der Waals surface area contributed by atoms with Crippen molar-refractivity contribution in [3.63, 3.8) is 0 Å². The van der Waals surface area contributed by atoms with Crippen molar-refractivity contribution in [3.8, 4) is 0 Å². The Morgan fingerprint density at radius 3 is 2.83 bits per heavy atom. The standard InChI is InChI=1S/C5H8N6S/c1-3-4(12-11-9-3)2-8-10-5(6)7/h2H,1H3,(H4,6,7,10)/b8-2+. The number of hydrogen-bond acceptors (Lipinski definition) is 5. The van der Waals surface area contributed by atoms with E-state index >= 15 is 0 Å². The Morgan fingerprint density at radius 2 is 2.33 bits per heavy atom. The molecule has 7 heteroatoms. The Hall–Kier alpha value is -1.50.